The molecule has 8 nitrogen and oxygen atoms in total. The molecule has 1 aromatic heterocycles. The fourth-order valence-electron chi connectivity index (χ4n) is 3.10. The van der Waals surface area contributed by atoms with Crippen LogP contribution in [-0.4, -0.2) is 49.2 Å². The van der Waals surface area contributed by atoms with E-state index >= 15 is 0 Å². The summed E-state index contributed by atoms with van der Waals surface area (Å²) in [6.07, 6.45) is 0.652. The van der Waals surface area contributed by atoms with Crippen LogP contribution in [0, 0.1) is 0 Å². The number of halogens is 1. The molecule has 26 heavy (non-hydrogen) atoms. The third-order valence-electron chi connectivity index (χ3n) is 4.42. The highest BCUT2D eigenvalue weighted by Gasteiger charge is 2.37. The molecule has 0 spiro atoms. The number of hydrogen-bond donors (Lipinski definition) is 0. The molecule has 0 amide bonds. The van der Waals surface area contributed by atoms with Crippen LogP contribution < -0.4 is 4.74 Å². The first-order chi connectivity index (χ1) is 12.5. The molecule has 2 aliphatic rings. The molecule has 1 fully saturated rings. The summed E-state index contributed by atoms with van der Waals surface area (Å²) >= 11 is 6.12. The molecule has 0 aliphatic carbocycles. The number of sulfonamides is 1. The molecule has 0 saturated carbocycles. The highest BCUT2D eigenvalue weighted by Crippen LogP contribution is 2.38. The van der Waals surface area contributed by atoms with Crippen molar-refractivity contribution in [3.8, 4) is 5.75 Å². The zero-order chi connectivity index (χ0) is 18.3. The summed E-state index contributed by atoms with van der Waals surface area (Å²) in [5, 5.41) is 8.25. The number of aromatic nitrogens is 2. The number of morpholine rings is 1. The Morgan fingerprint density at radius 2 is 2.15 bits per heavy atom. The van der Waals surface area contributed by atoms with Gasteiger partial charge in [0, 0.05) is 36.5 Å². The molecule has 10 heteroatoms. The van der Waals surface area contributed by atoms with Crippen molar-refractivity contribution in [2.24, 2.45) is 0 Å². The lowest BCUT2D eigenvalue weighted by atomic mass is 10.2. The summed E-state index contributed by atoms with van der Waals surface area (Å²) in [4.78, 5) is 0.0953. The summed E-state index contributed by atoms with van der Waals surface area (Å²) in [7, 11) is -3.80. The van der Waals surface area contributed by atoms with E-state index in [1.165, 1.54) is 10.4 Å². The number of benzene rings is 1. The molecule has 2 aromatic rings. The molecule has 1 aromatic carbocycles. The van der Waals surface area contributed by atoms with Gasteiger partial charge in [-0.1, -0.05) is 18.5 Å². The molecular weight excluding hydrogens is 382 g/mol. The number of hydrogen-bond acceptors (Lipinski definition) is 7. The minimum Gasteiger partial charge on any atom is -0.492 e. The van der Waals surface area contributed by atoms with Gasteiger partial charge in [0.1, 0.15) is 16.7 Å². The first-order valence-electron chi connectivity index (χ1n) is 8.38. The number of fused-ring (bicyclic) bond motifs is 1. The van der Waals surface area contributed by atoms with E-state index in [9.17, 15) is 8.42 Å². The van der Waals surface area contributed by atoms with E-state index in [2.05, 4.69) is 10.2 Å². The fourth-order valence-corrected chi connectivity index (χ4v) is 5.03. The Morgan fingerprint density at radius 3 is 2.92 bits per heavy atom. The summed E-state index contributed by atoms with van der Waals surface area (Å²) in [5.74, 6) is 1.17. The lowest BCUT2D eigenvalue weighted by Crippen LogP contribution is -2.42. The molecule has 0 N–H and O–H groups in total. The third-order valence-corrected chi connectivity index (χ3v) is 6.51. The Hall–Kier alpha value is -1.68. The largest absolute Gasteiger partial charge is 0.492 e. The van der Waals surface area contributed by atoms with Gasteiger partial charge in [-0.25, -0.2) is 8.42 Å². The van der Waals surface area contributed by atoms with Crippen molar-refractivity contribution < 1.29 is 22.3 Å². The molecule has 3 heterocycles. The lowest BCUT2D eigenvalue weighted by molar-refractivity contribution is -0.0178. The normalized spacial score (nSPS) is 20.8. The van der Waals surface area contributed by atoms with E-state index < -0.39 is 16.1 Å². The molecule has 140 valence electrons. The van der Waals surface area contributed by atoms with E-state index in [0.717, 1.165) is 5.56 Å². The van der Waals surface area contributed by atoms with Gasteiger partial charge in [-0.2, -0.15) is 4.31 Å². The molecule has 0 bridgehead atoms. The van der Waals surface area contributed by atoms with E-state index in [1.807, 2.05) is 6.92 Å². The highest BCUT2D eigenvalue weighted by atomic mass is 35.5. The maximum atomic E-state index is 13.2. The highest BCUT2D eigenvalue weighted by molar-refractivity contribution is 7.89. The molecule has 2 aliphatic heterocycles. The smallest absolute Gasteiger partial charge is 0.247 e. The van der Waals surface area contributed by atoms with E-state index in [-0.39, 0.29) is 30.5 Å². The number of aryl methyl sites for hydroxylation is 1. The van der Waals surface area contributed by atoms with Crippen LogP contribution in [0.1, 0.15) is 30.4 Å². The average Bonchev–Trinajstić information content (AvgIpc) is 3.30. The van der Waals surface area contributed by atoms with Crippen molar-refractivity contribution in [1.82, 2.24) is 14.5 Å². The molecular formula is C16H18ClN3O5S. The number of nitrogens with zero attached hydrogens (tertiary/aromatic N) is 3. The lowest BCUT2D eigenvalue weighted by Gasteiger charge is -2.30. The standard InChI is InChI=1S/C16H18ClN3O5S/c1-2-14-18-19-16(25-14)12-9-20(4-6-23-12)26(21,22)13-8-11(17)7-10-3-5-24-15(10)13/h7-8,12H,2-6,9H2,1H3. The van der Waals surface area contributed by atoms with Gasteiger partial charge in [-0.3, -0.25) is 0 Å². The molecule has 1 saturated heterocycles. The van der Waals surface area contributed by atoms with Crippen molar-refractivity contribution >= 4 is 21.6 Å². The van der Waals surface area contributed by atoms with Crippen molar-refractivity contribution in [3.05, 3.63) is 34.5 Å². The van der Waals surface area contributed by atoms with Crippen molar-refractivity contribution in [3.63, 3.8) is 0 Å². The van der Waals surface area contributed by atoms with Gasteiger partial charge in [0.25, 0.3) is 0 Å². The fraction of sp³-hybridized carbons (Fsp3) is 0.500. The van der Waals surface area contributed by atoms with Crippen molar-refractivity contribution in [1.29, 1.82) is 0 Å². The van der Waals surface area contributed by atoms with Crippen LogP contribution in [0.2, 0.25) is 5.02 Å². The maximum Gasteiger partial charge on any atom is 0.247 e. The first kappa shape index (κ1) is 17.7. The Kier molecular flexibility index (Phi) is 4.64. The van der Waals surface area contributed by atoms with E-state index in [4.69, 9.17) is 25.5 Å². The Bertz CT molecular complexity index is 930. The number of ether oxygens (including phenoxy) is 2. The summed E-state index contributed by atoms with van der Waals surface area (Å²) in [6, 6.07) is 3.18. The summed E-state index contributed by atoms with van der Waals surface area (Å²) in [6.45, 7) is 2.91. The van der Waals surface area contributed by atoms with E-state index in [1.54, 1.807) is 6.07 Å². The Labute approximate surface area is 156 Å². The van der Waals surface area contributed by atoms with Gasteiger partial charge in [0.05, 0.1) is 13.2 Å². The molecule has 4 rings (SSSR count). The second-order valence-corrected chi connectivity index (χ2v) is 8.44. The van der Waals surface area contributed by atoms with Crippen LogP contribution in [0.4, 0.5) is 0 Å². The second-order valence-electron chi connectivity index (χ2n) is 6.10. The first-order valence-corrected chi connectivity index (χ1v) is 10.2. The van der Waals surface area contributed by atoms with Crippen molar-refractivity contribution in [2.45, 2.75) is 30.8 Å². The van der Waals surface area contributed by atoms with Gasteiger partial charge in [0.2, 0.25) is 21.8 Å². The van der Waals surface area contributed by atoms with Crippen LogP contribution in [0.15, 0.2) is 21.4 Å². The average molecular weight is 400 g/mol. The van der Waals surface area contributed by atoms with Crippen LogP contribution >= 0.6 is 11.6 Å². The van der Waals surface area contributed by atoms with Crippen LogP contribution in [0.5, 0.6) is 5.75 Å². The summed E-state index contributed by atoms with van der Waals surface area (Å²) in [5.41, 5.74) is 0.811. The predicted octanol–water partition coefficient (Wildman–Crippen LogP) is 1.98. The van der Waals surface area contributed by atoms with Crippen molar-refractivity contribution in [2.75, 3.05) is 26.3 Å². The SMILES string of the molecule is CCc1nnc(C2CN(S(=O)(=O)c3cc(Cl)cc4c3OCC4)CCO2)o1. The van der Waals surface area contributed by atoms with Gasteiger partial charge >= 0.3 is 0 Å². The van der Waals surface area contributed by atoms with Gasteiger partial charge < -0.3 is 13.9 Å². The third kappa shape index (κ3) is 3.09. The van der Waals surface area contributed by atoms with Crippen LogP contribution in [0.25, 0.3) is 0 Å². The second kappa shape index (κ2) is 6.80. The Morgan fingerprint density at radius 1 is 1.31 bits per heavy atom. The Balaban J connectivity index is 1.64. The van der Waals surface area contributed by atoms with Crippen LogP contribution in [0.3, 0.4) is 0 Å². The molecule has 0 radical (unpaired) electrons. The van der Waals surface area contributed by atoms with E-state index in [0.29, 0.717) is 36.1 Å². The molecule has 1 atom stereocenters. The van der Waals surface area contributed by atoms with Gasteiger partial charge in [0.15, 0.2) is 0 Å². The zero-order valence-electron chi connectivity index (χ0n) is 14.1. The quantitative estimate of drug-likeness (QED) is 0.775. The van der Waals surface area contributed by atoms with Gasteiger partial charge in [-0.15, -0.1) is 10.2 Å². The number of rotatable bonds is 4. The van der Waals surface area contributed by atoms with Gasteiger partial charge in [-0.05, 0) is 12.1 Å². The predicted molar refractivity (Wildman–Crippen MR) is 91.8 cm³/mol. The zero-order valence-corrected chi connectivity index (χ0v) is 15.7. The minimum absolute atomic E-state index is 0.0922. The molecule has 1 unspecified atom stereocenters. The summed E-state index contributed by atoms with van der Waals surface area (Å²) < 4.78 is 44.5. The van der Waals surface area contributed by atoms with Crippen LogP contribution in [-0.2, 0) is 27.6 Å². The monoisotopic (exact) mass is 399 g/mol. The topological polar surface area (TPSA) is 94.8 Å². The minimum atomic E-state index is -3.80. The maximum absolute atomic E-state index is 13.2.